The lowest BCUT2D eigenvalue weighted by Gasteiger charge is -2.32. The zero-order chi connectivity index (χ0) is 17.6. The Morgan fingerprint density at radius 3 is 2.16 bits per heavy atom. The van der Waals surface area contributed by atoms with Crippen LogP contribution < -0.4 is 5.73 Å². The standard InChI is InChI=1S/C24H25N/c1-4-24(5-2)20-9-7-6-8-18(20)19-14-15-21(25)22(23(19)24)17-12-10-16(3)11-13-17/h6-15H,4-5,25H2,1-3H3. The fourth-order valence-electron chi connectivity index (χ4n) is 4.63. The summed E-state index contributed by atoms with van der Waals surface area (Å²) >= 11 is 0. The Bertz CT molecular complexity index is 931. The Kier molecular flexibility index (Phi) is 3.68. The molecule has 0 radical (unpaired) electrons. The summed E-state index contributed by atoms with van der Waals surface area (Å²) in [4.78, 5) is 0. The molecule has 0 amide bonds. The van der Waals surface area contributed by atoms with Crippen LogP contribution in [0.15, 0.2) is 60.7 Å². The topological polar surface area (TPSA) is 26.0 Å². The van der Waals surface area contributed by atoms with Crippen molar-refractivity contribution in [3.8, 4) is 22.3 Å². The summed E-state index contributed by atoms with van der Waals surface area (Å²) in [5.74, 6) is 0. The quantitative estimate of drug-likeness (QED) is 0.559. The largest absolute Gasteiger partial charge is 0.398 e. The van der Waals surface area contributed by atoms with Gasteiger partial charge in [0.2, 0.25) is 0 Å². The minimum atomic E-state index is 0.0432. The van der Waals surface area contributed by atoms with Gasteiger partial charge in [-0.05, 0) is 53.6 Å². The van der Waals surface area contributed by atoms with Crippen LogP contribution >= 0.6 is 0 Å². The molecule has 3 aromatic carbocycles. The van der Waals surface area contributed by atoms with Gasteiger partial charge in [-0.25, -0.2) is 0 Å². The van der Waals surface area contributed by atoms with E-state index in [4.69, 9.17) is 5.73 Å². The Morgan fingerprint density at radius 1 is 0.800 bits per heavy atom. The Balaban J connectivity index is 2.10. The van der Waals surface area contributed by atoms with Crippen molar-refractivity contribution in [1.29, 1.82) is 0 Å². The predicted octanol–water partition coefficient (Wildman–Crippen LogP) is 6.33. The van der Waals surface area contributed by atoms with Gasteiger partial charge in [0.15, 0.2) is 0 Å². The molecule has 1 heteroatoms. The minimum Gasteiger partial charge on any atom is -0.398 e. The zero-order valence-corrected chi connectivity index (χ0v) is 15.3. The van der Waals surface area contributed by atoms with Crippen LogP contribution in [0.2, 0.25) is 0 Å². The molecule has 0 aliphatic heterocycles. The van der Waals surface area contributed by atoms with Crippen molar-refractivity contribution >= 4 is 5.69 Å². The van der Waals surface area contributed by atoms with Crippen LogP contribution in [0, 0.1) is 6.92 Å². The lowest BCUT2D eigenvalue weighted by atomic mass is 9.71. The van der Waals surface area contributed by atoms with Gasteiger partial charge < -0.3 is 5.73 Å². The van der Waals surface area contributed by atoms with Crippen molar-refractivity contribution in [3.63, 3.8) is 0 Å². The van der Waals surface area contributed by atoms with E-state index in [9.17, 15) is 0 Å². The highest BCUT2D eigenvalue weighted by Gasteiger charge is 2.42. The van der Waals surface area contributed by atoms with Gasteiger partial charge >= 0.3 is 0 Å². The Morgan fingerprint density at radius 2 is 1.48 bits per heavy atom. The fraction of sp³-hybridized carbons (Fsp3) is 0.250. The van der Waals surface area contributed by atoms with Gasteiger partial charge in [-0.2, -0.15) is 0 Å². The molecule has 0 saturated carbocycles. The van der Waals surface area contributed by atoms with Crippen LogP contribution in [0.25, 0.3) is 22.3 Å². The van der Waals surface area contributed by atoms with Crippen molar-refractivity contribution in [3.05, 3.63) is 77.4 Å². The van der Waals surface area contributed by atoms with E-state index in [-0.39, 0.29) is 5.41 Å². The van der Waals surface area contributed by atoms with E-state index in [0.29, 0.717) is 0 Å². The molecule has 126 valence electrons. The SMILES string of the molecule is CCC1(CC)c2ccccc2-c2ccc(N)c(-c3ccc(C)cc3)c21. The van der Waals surface area contributed by atoms with E-state index in [1.54, 1.807) is 0 Å². The number of hydrogen-bond donors (Lipinski definition) is 1. The van der Waals surface area contributed by atoms with Crippen molar-refractivity contribution in [2.24, 2.45) is 0 Å². The maximum Gasteiger partial charge on any atom is 0.0397 e. The van der Waals surface area contributed by atoms with Gasteiger partial charge in [0.05, 0.1) is 0 Å². The molecule has 0 atom stereocenters. The van der Waals surface area contributed by atoms with Crippen molar-refractivity contribution in [2.75, 3.05) is 5.73 Å². The van der Waals surface area contributed by atoms with Crippen molar-refractivity contribution < 1.29 is 0 Å². The molecule has 4 rings (SSSR count). The second-order valence-electron chi connectivity index (χ2n) is 7.15. The number of anilines is 1. The maximum absolute atomic E-state index is 6.53. The fourth-order valence-corrected chi connectivity index (χ4v) is 4.63. The second kappa shape index (κ2) is 5.77. The predicted molar refractivity (Wildman–Crippen MR) is 108 cm³/mol. The smallest absolute Gasteiger partial charge is 0.0397 e. The van der Waals surface area contributed by atoms with Crippen LogP contribution in [0.4, 0.5) is 5.69 Å². The number of benzene rings is 3. The van der Waals surface area contributed by atoms with Gasteiger partial charge in [0.25, 0.3) is 0 Å². The summed E-state index contributed by atoms with van der Waals surface area (Å²) in [5, 5.41) is 0. The van der Waals surface area contributed by atoms with E-state index < -0.39 is 0 Å². The average molecular weight is 327 g/mol. The monoisotopic (exact) mass is 327 g/mol. The molecule has 0 aromatic heterocycles. The van der Waals surface area contributed by atoms with E-state index in [1.807, 2.05) is 0 Å². The Hall–Kier alpha value is -2.54. The maximum atomic E-state index is 6.53. The first-order chi connectivity index (χ1) is 12.1. The van der Waals surface area contributed by atoms with E-state index in [1.165, 1.54) is 38.9 Å². The summed E-state index contributed by atoms with van der Waals surface area (Å²) in [5.41, 5.74) is 16.8. The summed E-state index contributed by atoms with van der Waals surface area (Å²) in [7, 11) is 0. The minimum absolute atomic E-state index is 0.0432. The number of nitrogen functional groups attached to an aromatic ring is 1. The number of rotatable bonds is 3. The third-order valence-corrected chi connectivity index (χ3v) is 6.00. The van der Waals surface area contributed by atoms with E-state index in [0.717, 1.165) is 18.5 Å². The van der Waals surface area contributed by atoms with Gasteiger partial charge in [0, 0.05) is 16.7 Å². The number of fused-ring (bicyclic) bond motifs is 3. The molecule has 3 aromatic rings. The first-order valence-electron chi connectivity index (χ1n) is 9.22. The first kappa shape index (κ1) is 16.0. The molecule has 0 fully saturated rings. The number of aryl methyl sites for hydroxylation is 1. The summed E-state index contributed by atoms with van der Waals surface area (Å²) in [6.07, 6.45) is 2.16. The molecular weight excluding hydrogens is 302 g/mol. The zero-order valence-electron chi connectivity index (χ0n) is 15.3. The molecule has 0 unspecified atom stereocenters. The van der Waals surface area contributed by atoms with Crippen molar-refractivity contribution in [2.45, 2.75) is 39.0 Å². The van der Waals surface area contributed by atoms with Gasteiger partial charge in [0.1, 0.15) is 0 Å². The van der Waals surface area contributed by atoms with Crippen LogP contribution in [0.5, 0.6) is 0 Å². The second-order valence-corrected chi connectivity index (χ2v) is 7.15. The van der Waals surface area contributed by atoms with E-state index in [2.05, 4.69) is 81.4 Å². The average Bonchev–Trinajstić information content (AvgIpc) is 2.93. The lowest BCUT2D eigenvalue weighted by Crippen LogP contribution is -2.24. The van der Waals surface area contributed by atoms with E-state index >= 15 is 0 Å². The van der Waals surface area contributed by atoms with Crippen LogP contribution in [-0.4, -0.2) is 0 Å². The number of nitrogens with two attached hydrogens (primary N) is 1. The normalized spacial score (nSPS) is 14.2. The van der Waals surface area contributed by atoms with Gasteiger partial charge in [-0.3, -0.25) is 0 Å². The first-order valence-corrected chi connectivity index (χ1v) is 9.22. The third kappa shape index (κ3) is 2.15. The summed E-state index contributed by atoms with van der Waals surface area (Å²) < 4.78 is 0. The molecule has 0 bridgehead atoms. The van der Waals surface area contributed by atoms with Gasteiger partial charge in [-0.15, -0.1) is 0 Å². The molecular formula is C24H25N. The van der Waals surface area contributed by atoms with Gasteiger partial charge in [-0.1, -0.05) is 74.0 Å². The Labute approximate surface area is 150 Å². The molecule has 2 N–H and O–H groups in total. The molecule has 1 nitrogen and oxygen atoms in total. The highest BCUT2D eigenvalue weighted by molar-refractivity contribution is 5.93. The summed E-state index contributed by atoms with van der Waals surface area (Å²) in [6, 6.07) is 21.9. The molecule has 1 aliphatic carbocycles. The molecule has 0 spiro atoms. The van der Waals surface area contributed by atoms with Crippen molar-refractivity contribution in [1.82, 2.24) is 0 Å². The molecule has 1 aliphatic rings. The lowest BCUT2D eigenvalue weighted by molar-refractivity contribution is 0.492. The third-order valence-electron chi connectivity index (χ3n) is 6.00. The highest BCUT2D eigenvalue weighted by atomic mass is 14.6. The highest BCUT2D eigenvalue weighted by Crippen LogP contribution is 2.56. The van der Waals surface area contributed by atoms with Crippen LogP contribution in [-0.2, 0) is 5.41 Å². The molecule has 0 saturated heterocycles. The number of hydrogen-bond acceptors (Lipinski definition) is 1. The van der Waals surface area contributed by atoms with Crippen LogP contribution in [0.3, 0.4) is 0 Å². The summed E-state index contributed by atoms with van der Waals surface area (Å²) in [6.45, 7) is 6.73. The molecule has 0 heterocycles. The van der Waals surface area contributed by atoms with Crippen LogP contribution in [0.1, 0.15) is 43.4 Å². The molecule has 25 heavy (non-hydrogen) atoms.